The zero-order chi connectivity index (χ0) is 11.1. The minimum absolute atomic E-state index is 0.763. The van der Waals surface area contributed by atoms with Gasteiger partial charge in [-0.1, -0.05) is 0 Å². The van der Waals surface area contributed by atoms with Crippen LogP contribution in [0.5, 0.6) is 0 Å². The maximum absolute atomic E-state index is 3.49. The van der Waals surface area contributed by atoms with E-state index in [1.165, 1.54) is 24.6 Å². The summed E-state index contributed by atoms with van der Waals surface area (Å²) in [6, 6.07) is 0.763. The number of likely N-dealkylation sites (N-methyl/N-ethyl adjacent to an activating group) is 1. The minimum atomic E-state index is 0.763. The van der Waals surface area contributed by atoms with Crippen LogP contribution < -0.4 is 5.32 Å². The lowest BCUT2D eigenvalue weighted by Gasteiger charge is -2.32. The van der Waals surface area contributed by atoms with Crippen LogP contribution in [-0.4, -0.2) is 74.2 Å². The molecule has 15 heavy (non-hydrogen) atoms. The molecule has 0 aromatic carbocycles. The Morgan fingerprint density at radius 1 is 1.40 bits per heavy atom. The van der Waals surface area contributed by atoms with Crippen LogP contribution in [0.25, 0.3) is 0 Å². The first kappa shape index (κ1) is 13.3. The van der Waals surface area contributed by atoms with E-state index in [4.69, 9.17) is 0 Å². The summed E-state index contributed by atoms with van der Waals surface area (Å²) in [5, 5.41) is 3.49. The molecule has 3 nitrogen and oxygen atoms in total. The smallest absolute Gasteiger partial charge is 0.0158 e. The molecular weight excluding hydrogens is 206 g/mol. The van der Waals surface area contributed by atoms with Gasteiger partial charge in [0, 0.05) is 50.3 Å². The summed E-state index contributed by atoms with van der Waals surface area (Å²) < 4.78 is 0. The molecule has 1 atom stereocenters. The van der Waals surface area contributed by atoms with Crippen LogP contribution in [0.1, 0.15) is 6.92 Å². The molecule has 1 N–H and O–H groups in total. The van der Waals surface area contributed by atoms with Crippen LogP contribution in [-0.2, 0) is 0 Å². The van der Waals surface area contributed by atoms with Gasteiger partial charge in [0.25, 0.3) is 0 Å². The van der Waals surface area contributed by atoms with E-state index in [9.17, 15) is 0 Å². The molecule has 0 amide bonds. The predicted octanol–water partition coefficient (Wildman–Crippen LogP) is 0.575. The predicted molar refractivity (Wildman–Crippen MR) is 69.8 cm³/mol. The van der Waals surface area contributed by atoms with E-state index in [1.807, 2.05) is 0 Å². The fourth-order valence-corrected chi connectivity index (χ4v) is 2.83. The summed E-state index contributed by atoms with van der Waals surface area (Å²) >= 11 is 2.09. The van der Waals surface area contributed by atoms with Gasteiger partial charge in [0.15, 0.2) is 0 Å². The fraction of sp³-hybridized carbons (Fsp3) is 1.00. The second kappa shape index (κ2) is 7.49. The molecule has 0 aromatic heterocycles. The van der Waals surface area contributed by atoms with Crippen LogP contribution in [0.3, 0.4) is 0 Å². The molecule has 90 valence electrons. The molecule has 1 aliphatic heterocycles. The van der Waals surface area contributed by atoms with Gasteiger partial charge in [-0.3, -0.25) is 4.90 Å². The lowest BCUT2D eigenvalue weighted by molar-refractivity contribution is 0.232. The average Bonchev–Trinajstić information content (AvgIpc) is 2.20. The van der Waals surface area contributed by atoms with Gasteiger partial charge in [-0.25, -0.2) is 0 Å². The maximum atomic E-state index is 3.49. The van der Waals surface area contributed by atoms with Crippen molar-refractivity contribution in [2.45, 2.75) is 13.0 Å². The van der Waals surface area contributed by atoms with E-state index >= 15 is 0 Å². The molecule has 0 saturated carbocycles. The summed E-state index contributed by atoms with van der Waals surface area (Å²) in [5.41, 5.74) is 0. The monoisotopic (exact) mass is 231 g/mol. The van der Waals surface area contributed by atoms with Crippen molar-refractivity contribution in [3.05, 3.63) is 0 Å². The number of hydrogen-bond acceptors (Lipinski definition) is 4. The normalized spacial score (nSPS) is 23.6. The van der Waals surface area contributed by atoms with Gasteiger partial charge in [0.05, 0.1) is 0 Å². The second-order valence-electron chi connectivity index (χ2n) is 4.51. The fourth-order valence-electron chi connectivity index (χ4n) is 1.74. The molecule has 0 spiro atoms. The number of nitrogens with one attached hydrogen (secondary N) is 1. The highest BCUT2D eigenvalue weighted by atomic mass is 32.2. The quantitative estimate of drug-likeness (QED) is 0.674. The van der Waals surface area contributed by atoms with Crippen molar-refractivity contribution in [3.63, 3.8) is 0 Å². The highest BCUT2D eigenvalue weighted by molar-refractivity contribution is 7.99. The molecule has 1 heterocycles. The number of hydrogen-bond donors (Lipinski definition) is 1. The zero-order valence-electron chi connectivity index (χ0n) is 10.3. The van der Waals surface area contributed by atoms with Crippen LogP contribution in [0, 0.1) is 0 Å². The topological polar surface area (TPSA) is 18.5 Å². The Kier molecular flexibility index (Phi) is 6.64. The highest BCUT2D eigenvalue weighted by Crippen LogP contribution is 2.14. The van der Waals surface area contributed by atoms with Crippen molar-refractivity contribution in [2.75, 3.05) is 58.3 Å². The van der Waals surface area contributed by atoms with Crippen molar-refractivity contribution in [2.24, 2.45) is 0 Å². The Morgan fingerprint density at radius 3 is 2.87 bits per heavy atom. The van der Waals surface area contributed by atoms with Gasteiger partial charge >= 0.3 is 0 Å². The van der Waals surface area contributed by atoms with E-state index in [2.05, 4.69) is 47.9 Å². The van der Waals surface area contributed by atoms with E-state index < -0.39 is 0 Å². The van der Waals surface area contributed by atoms with Gasteiger partial charge in [-0.15, -0.1) is 0 Å². The Morgan fingerprint density at radius 2 is 2.20 bits per heavy atom. The molecule has 1 fully saturated rings. The molecule has 0 aliphatic carbocycles. The highest BCUT2D eigenvalue weighted by Gasteiger charge is 2.17. The SMILES string of the molecule is CC1CSCCN1CCNCCN(C)C. The average molecular weight is 231 g/mol. The largest absolute Gasteiger partial charge is 0.314 e. The van der Waals surface area contributed by atoms with Gasteiger partial charge < -0.3 is 10.2 Å². The standard InChI is InChI=1S/C11H25N3S/c1-11-10-15-9-8-14(11)7-5-12-4-6-13(2)3/h11-12H,4-10H2,1-3H3. The minimum Gasteiger partial charge on any atom is -0.314 e. The number of thioether (sulfide) groups is 1. The zero-order valence-corrected chi connectivity index (χ0v) is 11.1. The molecule has 1 aliphatic rings. The summed E-state index contributed by atoms with van der Waals surface area (Å²) in [7, 11) is 4.23. The summed E-state index contributed by atoms with van der Waals surface area (Å²) in [5.74, 6) is 2.61. The third-order valence-corrected chi connectivity index (χ3v) is 4.01. The Balaban J connectivity index is 1.99. The lowest BCUT2D eigenvalue weighted by Crippen LogP contribution is -2.44. The number of rotatable bonds is 6. The van der Waals surface area contributed by atoms with Crippen molar-refractivity contribution in [1.29, 1.82) is 0 Å². The summed E-state index contributed by atoms with van der Waals surface area (Å²) in [6.07, 6.45) is 0. The third kappa shape index (κ3) is 5.76. The van der Waals surface area contributed by atoms with Crippen molar-refractivity contribution < 1.29 is 0 Å². The van der Waals surface area contributed by atoms with Gasteiger partial charge in [0.2, 0.25) is 0 Å². The van der Waals surface area contributed by atoms with E-state index in [0.29, 0.717) is 0 Å². The van der Waals surface area contributed by atoms with E-state index in [1.54, 1.807) is 0 Å². The first-order valence-corrected chi connectivity index (χ1v) is 7.03. The molecule has 0 bridgehead atoms. The Bertz CT molecular complexity index is 164. The van der Waals surface area contributed by atoms with Gasteiger partial charge in [-0.05, 0) is 21.0 Å². The molecule has 0 aromatic rings. The summed E-state index contributed by atoms with van der Waals surface area (Å²) in [4.78, 5) is 4.81. The molecular formula is C11H25N3S. The molecule has 1 saturated heterocycles. The maximum Gasteiger partial charge on any atom is 0.0158 e. The lowest BCUT2D eigenvalue weighted by atomic mass is 10.3. The van der Waals surface area contributed by atoms with Gasteiger partial charge in [0.1, 0.15) is 0 Å². The van der Waals surface area contributed by atoms with Crippen molar-refractivity contribution >= 4 is 11.8 Å². The first-order chi connectivity index (χ1) is 7.20. The van der Waals surface area contributed by atoms with E-state index in [-0.39, 0.29) is 0 Å². The Labute approximate surface area is 98.6 Å². The van der Waals surface area contributed by atoms with E-state index in [0.717, 1.165) is 25.7 Å². The van der Waals surface area contributed by atoms with Crippen LogP contribution in [0.4, 0.5) is 0 Å². The van der Waals surface area contributed by atoms with Crippen LogP contribution in [0.15, 0.2) is 0 Å². The molecule has 4 heteroatoms. The number of nitrogens with zero attached hydrogens (tertiary/aromatic N) is 2. The van der Waals surface area contributed by atoms with Crippen molar-refractivity contribution in [1.82, 2.24) is 15.1 Å². The Hall–Kier alpha value is 0.230. The van der Waals surface area contributed by atoms with Crippen molar-refractivity contribution in [3.8, 4) is 0 Å². The van der Waals surface area contributed by atoms with Gasteiger partial charge in [-0.2, -0.15) is 11.8 Å². The first-order valence-electron chi connectivity index (χ1n) is 5.87. The summed E-state index contributed by atoms with van der Waals surface area (Å²) in [6.45, 7) is 8.17. The second-order valence-corrected chi connectivity index (χ2v) is 5.66. The van der Waals surface area contributed by atoms with Crippen LogP contribution >= 0.6 is 11.8 Å². The van der Waals surface area contributed by atoms with Crippen LogP contribution in [0.2, 0.25) is 0 Å². The molecule has 1 rings (SSSR count). The third-order valence-electron chi connectivity index (χ3n) is 2.82. The molecule has 1 unspecified atom stereocenters. The molecule has 0 radical (unpaired) electrons.